The topological polar surface area (TPSA) is 68.5 Å². The molecule has 0 saturated carbocycles. The van der Waals surface area contributed by atoms with Gasteiger partial charge in [-0.15, -0.1) is 0 Å². The van der Waals surface area contributed by atoms with Crippen molar-refractivity contribution in [3.05, 3.63) is 66.1 Å². The number of aryl methyl sites for hydroxylation is 1. The van der Waals surface area contributed by atoms with Crippen LogP contribution in [0.2, 0.25) is 0 Å². The second kappa shape index (κ2) is 6.72. The van der Waals surface area contributed by atoms with Crippen LogP contribution in [0.25, 0.3) is 16.4 Å². The number of carbonyl (C=O) groups is 1. The van der Waals surface area contributed by atoms with E-state index < -0.39 is 0 Å². The highest BCUT2D eigenvalue weighted by Crippen LogP contribution is 2.26. The van der Waals surface area contributed by atoms with Crippen LogP contribution in [0.1, 0.15) is 24.2 Å². The monoisotopic (exact) mass is 360 g/mol. The Balaban J connectivity index is 1.56. The molecular formula is C21H20N4O2. The lowest BCUT2D eigenvalue weighted by molar-refractivity contribution is -0.117. The Labute approximate surface area is 156 Å². The van der Waals surface area contributed by atoms with Gasteiger partial charge in [-0.1, -0.05) is 24.3 Å². The maximum absolute atomic E-state index is 12.7. The Morgan fingerprint density at radius 1 is 1.11 bits per heavy atom. The van der Waals surface area contributed by atoms with Gasteiger partial charge in [0.2, 0.25) is 5.91 Å². The largest absolute Gasteiger partial charge is 0.497 e. The van der Waals surface area contributed by atoms with E-state index in [2.05, 4.69) is 15.4 Å². The van der Waals surface area contributed by atoms with Gasteiger partial charge in [-0.3, -0.25) is 4.79 Å². The van der Waals surface area contributed by atoms with Crippen molar-refractivity contribution in [3.63, 3.8) is 0 Å². The van der Waals surface area contributed by atoms with Crippen LogP contribution >= 0.6 is 0 Å². The van der Waals surface area contributed by atoms with Crippen LogP contribution < -0.4 is 10.1 Å². The fourth-order valence-corrected chi connectivity index (χ4v) is 3.11. The number of anilines is 1. The second-order valence-electron chi connectivity index (χ2n) is 6.56. The van der Waals surface area contributed by atoms with Gasteiger partial charge in [-0.05, 0) is 54.4 Å². The van der Waals surface area contributed by atoms with Gasteiger partial charge >= 0.3 is 0 Å². The molecule has 0 fully saturated rings. The summed E-state index contributed by atoms with van der Waals surface area (Å²) in [5, 5.41) is 9.39. The molecule has 2 aromatic heterocycles. The number of hydrogen-bond acceptors (Lipinski definition) is 4. The summed E-state index contributed by atoms with van der Waals surface area (Å²) in [6.45, 7) is 3.74. The number of nitrogens with zero attached hydrogens (tertiary/aromatic N) is 3. The SMILES string of the molecule is COc1ccc2cc([C@H](C)C(=O)Nc3ccc4nc(C)nn4c3)ccc2c1. The first-order valence-electron chi connectivity index (χ1n) is 8.75. The van der Waals surface area contributed by atoms with Crippen LogP contribution in [-0.2, 0) is 4.79 Å². The first-order chi connectivity index (χ1) is 13.0. The molecule has 136 valence electrons. The number of aromatic nitrogens is 3. The molecule has 1 amide bonds. The summed E-state index contributed by atoms with van der Waals surface area (Å²) in [5.41, 5.74) is 2.40. The van der Waals surface area contributed by atoms with Gasteiger partial charge in [0.15, 0.2) is 5.65 Å². The van der Waals surface area contributed by atoms with Gasteiger partial charge in [0.05, 0.1) is 24.9 Å². The number of rotatable bonds is 4. The summed E-state index contributed by atoms with van der Waals surface area (Å²) in [7, 11) is 1.65. The van der Waals surface area contributed by atoms with Crippen molar-refractivity contribution in [2.75, 3.05) is 12.4 Å². The Bertz CT molecular complexity index is 1150. The van der Waals surface area contributed by atoms with E-state index in [1.165, 1.54) is 0 Å². The molecule has 4 rings (SSSR count). The van der Waals surface area contributed by atoms with Gasteiger partial charge in [0.25, 0.3) is 0 Å². The Kier molecular flexibility index (Phi) is 4.24. The normalized spacial score (nSPS) is 12.3. The molecule has 1 N–H and O–H groups in total. The summed E-state index contributed by atoms with van der Waals surface area (Å²) in [4.78, 5) is 17.0. The van der Waals surface area contributed by atoms with Crippen molar-refractivity contribution in [3.8, 4) is 5.75 Å². The third-order valence-electron chi connectivity index (χ3n) is 4.67. The predicted octanol–water partition coefficient (Wildman–Crippen LogP) is 3.94. The zero-order valence-electron chi connectivity index (χ0n) is 15.4. The molecule has 0 bridgehead atoms. The number of benzene rings is 2. The standard InChI is InChI=1S/C21H20N4O2/c1-13(15-4-5-17-11-19(27-3)8-6-16(17)10-15)21(26)23-18-7-9-20-22-14(2)24-25(20)12-18/h4-13H,1-3H3,(H,23,26)/t13-/m0/s1. The number of fused-ring (bicyclic) bond motifs is 2. The van der Waals surface area contributed by atoms with Crippen LogP contribution in [-0.4, -0.2) is 27.6 Å². The van der Waals surface area contributed by atoms with E-state index in [1.807, 2.05) is 62.4 Å². The van der Waals surface area contributed by atoms with E-state index in [4.69, 9.17) is 4.74 Å². The van der Waals surface area contributed by atoms with Gasteiger partial charge in [0.1, 0.15) is 11.6 Å². The first kappa shape index (κ1) is 17.0. The minimum absolute atomic E-state index is 0.0703. The van der Waals surface area contributed by atoms with E-state index in [0.717, 1.165) is 27.7 Å². The molecule has 0 spiro atoms. The minimum atomic E-state index is -0.287. The second-order valence-corrected chi connectivity index (χ2v) is 6.56. The van der Waals surface area contributed by atoms with Crippen LogP contribution in [0.15, 0.2) is 54.7 Å². The maximum atomic E-state index is 12.7. The average Bonchev–Trinajstić information content (AvgIpc) is 3.05. The molecule has 0 radical (unpaired) electrons. The maximum Gasteiger partial charge on any atom is 0.231 e. The average molecular weight is 360 g/mol. The van der Waals surface area contributed by atoms with Crippen molar-refractivity contribution >= 4 is 28.0 Å². The molecule has 6 heteroatoms. The number of methoxy groups -OCH3 is 1. The highest BCUT2D eigenvalue weighted by Gasteiger charge is 2.16. The molecule has 2 heterocycles. The number of carbonyl (C=O) groups excluding carboxylic acids is 1. The van der Waals surface area contributed by atoms with E-state index in [1.54, 1.807) is 17.8 Å². The molecule has 1 atom stereocenters. The summed E-state index contributed by atoms with van der Waals surface area (Å²) in [5.74, 6) is 1.16. The van der Waals surface area contributed by atoms with Gasteiger partial charge < -0.3 is 10.1 Å². The van der Waals surface area contributed by atoms with Crippen LogP contribution in [0.5, 0.6) is 5.75 Å². The first-order valence-corrected chi connectivity index (χ1v) is 8.75. The van der Waals surface area contributed by atoms with Crippen molar-refractivity contribution in [1.29, 1.82) is 0 Å². The smallest absolute Gasteiger partial charge is 0.231 e. The molecule has 6 nitrogen and oxygen atoms in total. The van der Waals surface area contributed by atoms with Crippen LogP contribution in [0.3, 0.4) is 0 Å². The quantitative estimate of drug-likeness (QED) is 0.598. The predicted molar refractivity (Wildman–Crippen MR) is 105 cm³/mol. The van der Waals surface area contributed by atoms with E-state index in [0.29, 0.717) is 11.5 Å². The third-order valence-corrected chi connectivity index (χ3v) is 4.67. The van der Waals surface area contributed by atoms with Gasteiger partial charge in [-0.2, -0.15) is 5.10 Å². The molecule has 0 aliphatic carbocycles. The summed E-state index contributed by atoms with van der Waals surface area (Å²) >= 11 is 0. The van der Waals surface area contributed by atoms with Crippen LogP contribution in [0.4, 0.5) is 5.69 Å². The van der Waals surface area contributed by atoms with Crippen molar-refractivity contribution in [2.24, 2.45) is 0 Å². The van der Waals surface area contributed by atoms with Gasteiger partial charge in [0, 0.05) is 0 Å². The zero-order chi connectivity index (χ0) is 19.0. The fourth-order valence-electron chi connectivity index (χ4n) is 3.11. The molecule has 0 saturated heterocycles. The van der Waals surface area contributed by atoms with E-state index in [-0.39, 0.29) is 11.8 Å². The number of pyridine rings is 1. The number of nitrogens with one attached hydrogen (secondary N) is 1. The van der Waals surface area contributed by atoms with Gasteiger partial charge in [-0.25, -0.2) is 9.50 Å². The summed E-state index contributed by atoms with van der Waals surface area (Å²) in [6, 6.07) is 15.6. The molecule has 0 aliphatic rings. The zero-order valence-corrected chi connectivity index (χ0v) is 15.4. The Morgan fingerprint density at radius 2 is 1.89 bits per heavy atom. The highest BCUT2D eigenvalue weighted by molar-refractivity contribution is 5.96. The number of hydrogen-bond donors (Lipinski definition) is 1. The molecule has 0 aliphatic heterocycles. The molecule has 27 heavy (non-hydrogen) atoms. The fraction of sp³-hybridized carbons (Fsp3) is 0.190. The van der Waals surface area contributed by atoms with Crippen molar-refractivity contribution in [1.82, 2.24) is 14.6 Å². The Hall–Kier alpha value is -3.41. The van der Waals surface area contributed by atoms with E-state index in [9.17, 15) is 4.79 Å². The van der Waals surface area contributed by atoms with Crippen LogP contribution in [0, 0.1) is 6.92 Å². The Morgan fingerprint density at radius 3 is 2.70 bits per heavy atom. The highest BCUT2D eigenvalue weighted by atomic mass is 16.5. The number of amides is 1. The summed E-state index contributed by atoms with van der Waals surface area (Å²) in [6.07, 6.45) is 1.77. The molecule has 2 aromatic carbocycles. The molecular weight excluding hydrogens is 340 g/mol. The molecule has 4 aromatic rings. The molecule has 0 unspecified atom stereocenters. The lowest BCUT2D eigenvalue weighted by Gasteiger charge is -2.14. The van der Waals surface area contributed by atoms with E-state index >= 15 is 0 Å². The minimum Gasteiger partial charge on any atom is -0.497 e. The van der Waals surface area contributed by atoms with Crippen molar-refractivity contribution < 1.29 is 9.53 Å². The van der Waals surface area contributed by atoms with Crippen molar-refractivity contribution in [2.45, 2.75) is 19.8 Å². The lowest BCUT2D eigenvalue weighted by Crippen LogP contribution is -2.19. The summed E-state index contributed by atoms with van der Waals surface area (Å²) < 4.78 is 6.93. The third kappa shape index (κ3) is 3.33. The lowest BCUT2D eigenvalue weighted by atomic mass is 9.97. The number of ether oxygens (including phenoxy) is 1.